The summed E-state index contributed by atoms with van der Waals surface area (Å²) in [5, 5.41) is 4.15. The highest BCUT2D eigenvalue weighted by atomic mass is 32.2. The van der Waals surface area contributed by atoms with E-state index in [1.807, 2.05) is 13.2 Å². The van der Waals surface area contributed by atoms with Gasteiger partial charge < -0.3 is 5.32 Å². The van der Waals surface area contributed by atoms with Gasteiger partial charge in [0.2, 0.25) is 0 Å². The van der Waals surface area contributed by atoms with E-state index in [9.17, 15) is 0 Å². The van der Waals surface area contributed by atoms with Crippen LogP contribution < -0.4 is 5.32 Å². The van der Waals surface area contributed by atoms with E-state index in [1.165, 1.54) is 16.0 Å². The molecule has 0 unspecified atom stereocenters. The number of nitrogens with zero attached hydrogens (tertiary/aromatic N) is 1. The van der Waals surface area contributed by atoms with Crippen LogP contribution in [0.5, 0.6) is 0 Å². The maximum atomic E-state index is 4.44. The molecule has 0 aliphatic rings. The lowest BCUT2D eigenvalue weighted by Gasteiger charge is -2.03. The number of benzene rings is 1. The van der Waals surface area contributed by atoms with Crippen molar-refractivity contribution in [2.75, 3.05) is 7.05 Å². The molecule has 0 spiro atoms. The average molecular weight is 244 g/mol. The van der Waals surface area contributed by atoms with Crippen molar-refractivity contribution in [3.05, 3.63) is 53.7 Å². The molecule has 0 amide bonds. The minimum absolute atomic E-state index is 0.864. The molecule has 17 heavy (non-hydrogen) atoms. The first-order valence-corrected chi connectivity index (χ1v) is 6.43. The van der Waals surface area contributed by atoms with Gasteiger partial charge in [0.05, 0.1) is 0 Å². The van der Waals surface area contributed by atoms with Crippen LogP contribution in [0.2, 0.25) is 0 Å². The maximum Gasteiger partial charge on any atom is 0.101 e. The number of nitrogens with one attached hydrogen (secondary N) is 1. The lowest BCUT2D eigenvalue weighted by atomic mass is 10.2. The number of aryl methyl sites for hydroxylation is 1. The molecule has 1 aromatic carbocycles. The van der Waals surface area contributed by atoms with Crippen LogP contribution in [0.25, 0.3) is 0 Å². The molecular weight excluding hydrogens is 228 g/mol. The minimum Gasteiger partial charge on any atom is -0.316 e. The lowest BCUT2D eigenvalue weighted by Crippen LogP contribution is -2.04. The summed E-state index contributed by atoms with van der Waals surface area (Å²) in [7, 11) is 1.94. The Morgan fingerprint density at radius 3 is 2.47 bits per heavy atom. The fraction of sp³-hybridized carbons (Fsp3) is 0.214. The molecule has 0 radical (unpaired) electrons. The van der Waals surface area contributed by atoms with Crippen molar-refractivity contribution in [2.24, 2.45) is 0 Å². The van der Waals surface area contributed by atoms with Gasteiger partial charge in [-0.1, -0.05) is 35.5 Å². The van der Waals surface area contributed by atoms with E-state index in [0.717, 1.165) is 11.6 Å². The van der Waals surface area contributed by atoms with E-state index in [-0.39, 0.29) is 0 Å². The minimum atomic E-state index is 0.864. The molecular formula is C14H16N2S. The molecule has 1 heterocycles. The van der Waals surface area contributed by atoms with Crippen LogP contribution in [0.1, 0.15) is 11.1 Å². The van der Waals surface area contributed by atoms with Crippen molar-refractivity contribution in [1.29, 1.82) is 0 Å². The Hall–Kier alpha value is -1.32. The van der Waals surface area contributed by atoms with Gasteiger partial charge in [0, 0.05) is 17.6 Å². The van der Waals surface area contributed by atoms with E-state index < -0.39 is 0 Å². The van der Waals surface area contributed by atoms with Crippen molar-refractivity contribution in [3.8, 4) is 0 Å². The molecule has 2 aromatic rings. The highest BCUT2D eigenvalue weighted by Crippen LogP contribution is 2.25. The Bertz CT molecular complexity index is 463. The third-order valence-corrected chi connectivity index (χ3v) is 3.38. The summed E-state index contributed by atoms with van der Waals surface area (Å²) in [6.07, 6.45) is 1.92. The van der Waals surface area contributed by atoms with Crippen LogP contribution >= 0.6 is 11.8 Å². The van der Waals surface area contributed by atoms with E-state index in [2.05, 4.69) is 53.6 Å². The third kappa shape index (κ3) is 3.58. The third-order valence-electron chi connectivity index (χ3n) is 2.42. The van der Waals surface area contributed by atoms with Gasteiger partial charge in [0.25, 0.3) is 0 Å². The molecule has 1 aromatic heterocycles. The molecule has 88 valence electrons. The normalized spacial score (nSPS) is 10.5. The van der Waals surface area contributed by atoms with Gasteiger partial charge in [0.15, 0.2) is 0 Å². The number of rotatable bonds is 4. The molecule has 0 bridgehead atoms. The van der Waals surface area contributed by atoms with E-state index in [4.69, 9.17) is 0 Å². The fourth-order valence-corrected chi connectivity index (χ4v) is 2.26. The molecule has 0 saturated heterocycles. The van der Waals surface area contributed by atoms with Crippen LogP contribution in [0.3, 0.4) is 0 Å². The van der Waals surface area contributed by atoms with Crippen molar-refractivity contribution in [1.82, 2.24) is 10.3 Å². The molecule has 0 aliphatic carbocycles. The Morgan fingerprint density at radius 2 is 1.88 bits per heavy atom. The number of hydrogen-bond acceptors (Lipinski definition) is 3. The monoisotopic (exact) mass is 244 g/mol. The van der Waals surface area contributed by atoms with E-state index >= 15 is 0 Å². The first-order chi connectivity index (χ1) is 8.28. The van der Waals surface area contributed by atoms with Gasteiger partial charge in [-0.25, -0.2) is 4.98 Å². The smallest absolute Gasteiger partial charge is 0.101 e. The average Bonchev–Trinajstić information content (AvgIpc) is 2.35. The maximum absolute atomic E-state index is 4.44. The van der Waals surface area contributed by atoms with Crippen molar-refractivity contribution >= 4 is 11.8 Å². The zero-order valence-corrected chi connectivity index (χ0v) is 10.9. The molecule has 2 rings (SSSR count). The molecule has 0 saturated carbocycles. The molecule has 3 heteroatoms. The van der Waals surface area contributed by atoms with Crippen LogP contribution in [0.15, 0.2) is 52.5 Å². The van der Waals surface area contributed by atoms with Crippen molar-refractivity contribution in [3.63, 3.8) is 0 Å². The predicted molar refractivity (Wildman–Crippen MR) is 72.3 cm³/mol. The lowest BCUT2D eigenvalue weighted by molar-refractivity contribution is 0.809. The van der Waals surface area contributed by atoms with Crippen LogP contribution in [0, 0.1) is 6.92 Å². The molecule has 0 atom stereocenters. The first-order valence-electron chi connectivity index (χ1n) is 5.62. The van der Waals surface area contributed by atoms with Gasteiger partial charge in [-0.2, -0.15) is 0 Å². The second-order valence-corrected chi connectivity index (χ2v) is 5.04. The highest BCUT2D eigenvalue weighted by molar-refractivity contribution is 7.99. The van der Waals surface area contributed by atoms with Crippen molar-refractivity contribution in [2.45, 2.75) is 23.4 Å². The number of hydrogen-bond donors (Lipinski definition) is 1. The summed E-state index contributed by atoms with van der Waals surface area (Å²) in [6, 6.07) is 12.7. The Kier molecular flexibility index (Phi) is 4.18. The molecule has 0 fully saturated rings. The van der Waals surface area contributed by atoms with Crippen LogP contribution in [-0.2, 0) is 6.54 Å². The summed E-state index contributed by atoms with van der Waals surface area (Å²) in [6.45, 7) is 2.96. The first kappa shape index (κ1) is 12.1. The zero-order valence-electron chi connectivity index (χ0n) is 10.1. The second-order valence-electron chi connectivity index (χ2n) is 3.95. The second kappa shape index (κ2) is 5.84. The molecule has 2 nitrogen and oxygen atoms in total. The zero-order chi connectivity index (χ0) is 12.1. The van der Waals surface area contributed by atoms with Gasteiger partial charge in [-0.15, -0.1) is 0 Å². The van der Waals surface area contributed by atoms with Gasteiger partial charge in [0.1, 0.15) is 5.03 Å². The standard InChI is InChI=1S/C14H16N2S/c1-11-3-6-13(7-4-11)17-14-8-5-12(9-15-2)10-16-14/h3-8,10,15H,9H2,1-2H3. The van der Waals surface area contributed by atoms with E-state index in [1.54, 1.807) is 11.8 Å². The van der Waals surface area contributed by atoms with Crippen molar-refractivity contribution < 1.29 is 0 Å². The number of pyridine rings is 1. The number of aromatic nitrogens is 1. The Morgan fingerprint density at radius 1 is 1.12 bits per heavy atom. The largest absolute Gasteiger partial charge is 0.316 e. The van der Waals surface area contributed by atoms with Gasteiger partial charge in [-0.05, 0) is 37.7 Å². The SMILES string of the molecule is CNCc1ccc(Sc2ccc(C)cc2)nc1. The van der Waals surface area contributed by atoms with E-state index in [0.29, 0.717) is 0 Å². The summed E-state index contributed by atoms with van der Waals surface area (Å²) >= 11 is 1.69. The Labute approximate surface area is 106 Å². The molecule has 1 N–H and O–H groups in total. The summed E-state index contributed by atoms with van der Waals surface area (Å²) in [5.74, 6) is 0. The topological polar surface area (TPSA) is 24.9 Å². The van der Waals surface area contributed by atoms with Crippen LogP contribution in [-0.4, -0.2) is 12.0 Å². The fourth-order valence-electron chi connectivity index (χ4n) is 1.51. The molecule has 0 aliphatic heterocycles. The van der Waals surface area contributed by atoms with Gasteiger partial charge >= 0.3 is 0 Å². The van der Waals surface area contributed by atoms with Gasteiger partial charge in [-0.3, -0.25) is 0 Å². The summed E-state index contributed by atoms with van der Waals surface area (Å²) in [4.78, 5) is 5.66. The van der Waals surface area contributed by atoms with Crippen LogP contribution in [0.4, 0.5) is 0 Å². The predicted octanol–water partition coefficient (Wildman–Crippen LogP) is 3.26. The Balaban J connectivity index is 2.05. The highest BCUT2D eigenvalue weighted by Gasteiger charge is 1.99. The quantitative estimate of drug-likeness (QED) is 0.893. The summed E-state index contributed by atoms with van der Waals surface area (Å²) in [5.41, 5.74) is 2.49. The summed E-state index contributed by atoms with van der Waals surface area (Å²) < 4.78 is 0.